The summed E-state index contributed by atoms with van der Waals surface area (Å²) in [6.45, 7) is 2.18. The lowest BCUT2D eigenvalue weighted by Gasteiger charge is -2.36. The molecule has 0 fully saturated rings. The first-order valence-corrected chi connectivity index (χ1v) is 9.68. The number of urea groups is 1. The topological polar surface area (TPSA) is 96.3 Å². The number of amides is 2. The number of carbonyl (C=O) groups is 2. The molecule has 2 aliphatic rings. The van der Waals surface area contributed by atoms with E-state index in [4.69, 9.17) is 4.74 Å². The molecule has 0 unspecified atom stereocenters. The Hall–Kier alpha value is -2.68. The highest BCUT2D eigenvalue weighted by Gasteiger charge is 2.39. The number of rotatable bonds is 5. The number of amidine groups is 1. The Bertz CT molecular complexity index is 877. The number of ether oxygens (including phenoxy) is 1. The van der Waals surface area contributed by atoms with Gasteiger partial charge in [0.25, 0.3) is 0 Å². The van der Waals surface area contributed by atoms with E-state index in [2.05, 4.69) is 4.99 Å². The first-order chi connectivity index (χ1) is 12.4. The van der Waals surface area contributed by atoms with E-state index < -0.39 is 15.8 Å². The minimum atomic E-state index is -3.84. The van der Waals surface area contributed by atoms with Gasteiger partial charge in [-0.05, 0) is 18.6 Å². The van der Waals surface area contributed by atoms with Crippen molar-refractivity contribution >= 4 is 27.7 Å². The lowest BCUT2D eigenvalue weighted by molar-refractivity contribution is -0.141. The molecule has 0 aliphatic carbocycles. The highest BCUT2D eigenvalue weighted by Crippen LogP contribution is 2.28. The van der Waals surface area contributed by atoms with Crippen molar-refractivity contribution < 1.29 is 22.7 Å². The Labute approximate surface area is 151 Å². The number of aliphatic imine (C=N–C) groups is 1. The second kappa shape index (κ2) is 7.28. The quantitative estimate of drug-likeness (QED) is 0.723. The van der Waals surface area contributed by atoms with E-state index in [0.717, 1.165) is 0 Å². The van der Waals surface area contributed by atoms with Crippen LogP contribution in [-0.4, -0.2) is 62.3 Å². The number of nitrogens with zero attached hydrogens (tertiary/aromatic N) is 3. The van der Waals surface area contributed by atoms with Gasteiger partial charge in [-0.25, -0.2) is 13.2 Å². The molecule has 1 aromatic rings. The molecule has 2 heterocycles. The third-order valence-electron chi connectivity index (χ3n) is 4.01. The molecule has 0 spiro atoms. The summed E-state index contributed by atoms with van der Waals surface area (Å²) in [6.07, 6.45) is 1.94. The van der Waals surface area contributed by atoms with Gasteiger partial charge in [0.1, 0.15) is 11.5 Å². The molecule has 0 saturated heterocycles. The van der Waals surface area contributed by atoms with Gasteiger partial charge in [-0.2, -0.15) is 0 Å². The van der Waals surface area contributed by atoms with Crippen molar-refractivity contribution in [1.29, 1.82) is 0 Å². The van der Waals surface area contributed by atoms with Gasteiger partial charge in [-0.1, -0.05) is 18.2 Å². The molecule has 0 saturated carbocycles. The van der Waals surface area contributed by atoms with Crippen molar-refractivity contribution in [3.05, 3.63) is 41.4 Å². The number of hydrogen-bond donors (Lipinski definition) is 0. The fraction of sp³-hybridized carbons (Fsp3) is 0.353. The molecule has 138 valence electrons. The van der Waals surface area contributed by atoms with E-state index in [9.17, 15) is 18.0 Å². The van der Waals surface area contributed by atoms with Crippen molar-refractivity contribution in [1.82, 2.24) is 9.80 Å². The molecule has 0 atom stereocenters. The molecule has 26 heavy (non-hydrogen) atoms. The molecular formula is C17H19N3O5S. The molecule has 2 aliphatic heterocycles. The van der Waals surface area contributed by atoms with Gasteiger partial charge in [0.05, 0.1) is 11.4 Å². The van der Waals surface area contributed by atoms with Gasteiger partial charge in [-0.3, -0.25) is 19.6 Å². The molecule has 2 amide bonds. The molecular weight excluding hydrogens is 358 g/mol. The fourth-order valence-electron chi connectivity index (χ4n) is 2.78. The van der Waals surface area contributed by atoms with Crippen LogP contribution in [0.4, 0.5) is 4.79 Å². The summed E-state index contributed by atoms with van der Waals surface area (Å²) in [5, 5.41) is 0. The largest absolute Gasteiger partial charge is 0.464 e. The van der Waals surface area contributed by atoms with E-state index >= 15 is 0 Å². The zero-order valence-electron chi connectivity index (χ0n) is 14.3. The van der Waals surface area contributed by atoms with Crippen LogP contribution in [0.3, 0.4) is 0 Å². The Morgan fingerprint density at radius 1 is 1.27 bits per heavy atom. The highest BCUT2D eigenvalue weighted by molar-refractivity contribution is 7.96. The van der Waals surface area contributed by atoms with Crippen LogP contribution in [0.25, 0.3) is 0 Å². The van der Waals surface area contributed by atoms with Crippen LogP contribution < -0.4 is 0 Å². The highest BCUT2D eigenvalue weighted by atomic mass is 32.2. The van der Waals surface area contributed by atoms with Crippen LogP contribution in [0.1, 0.15) is 13.3 Å². The number of benzene rings is 1. The molecule has 0 bridgehead atoms. The normalized spacial score (nSPS) is 17.3. The SMILES string of the molecule is CC(=O)OCCN1C=C(S(=O)(=O)c2ccccc2)C2=NCCCN2C1=O. The first kappa shape index (κ1) is 18.1. The molecule has 1 aromatic carbocycles. The van der Waals surface area contributed by atoms with E-state index in [1.54, 1.807) is 18.2 Å². The molecule has 8 nitrogen and oxygen atoms in total. The predicted octanol–water partition coefficient (Wildman–Crippen LogP) is 1.40. The van der Waals surface area contributed by atoms with E-state index in [0.29, 0.717) is 19.5 Å². The summed E-state index contributed by atoms with van der Waals surface area (Å²) in [5.74, 6) is -0.287. The van der Waals surface area contributed by atoms with Crippen LogP contribution >= 0.6 is 0 Å². The molecule has 0 aromatic heterocycles. The van der Waals surface area contributed by atoms with Crippen LogP contribution in [0, 0.1) is 0 Å². The average Bonchev–Trinajstić information content (AvgIpc) is 2.64. The molecule has 0 radical (unpaired) electrons. The van der Waals surface area contributed by atoms with Crippen molar-refractivity contribution in [2.45, 2.75) is 18.2 Å². The summed E-state index contributed by atoms with van der Waals surface area (Å²) in [6, 6.07) is 7.64. The maximum Gasteiger partial charge on any atom is 0.329 e. The Morgan fingerprint density at radius 2 is 2.00 bits per heavy atom. The van der Waals surface area contributed by atoms with Crippen molar-refractivity contribution in [2.24, 2.45) is 4.99 Å². The van der Waals surface area contributed by atoms with Crippen molar-refractivity contribution in [3.8, 4) is 0 Å². The van der Waals surface area contributed by atoms with Crippen LogP contribution in [-0.2, 0) is 19.4 Å². The molecule has 0 N–H and O–H groups in total. The van der Waals surface area contributed by atoms with Gasteiger partial charge in [0.15, 0.2) is 5.84 Å². The Kier molecular flexibility index (Phi) is 5.08. The third-order valence-corrected chi connectivity index (χ3v) is 5.77. The minimum Gasteiger partial charge on any atom is -0.464 e. The van der Waals surface area contributed by atoms with Gasteiger partial charge in [-0.15, -0.1) is 0 Å². The smallest absolute Gasteiger partial charge is 0.329 e. The van der Waals surface area contributed by atoms with Gasteiger partial charge in [0, 0.05) is 26.2 Å². The summed E-state index contributed by atoms with van der Waals surface area (Å²) in [4.78, 5) is 30.6. The average molecular weight is 377 g/mol. The van der Waals surface area contributed by atoms with E-state index in [-0.39, 0.29) is 34.8 Å². The lowest BCUT2D eigenvalue weighted by Crippen LogP contribution is -2.52. The lowest BCUT2D eigenvalue weighted by atomic mass is 10.2. The van der Waals surface area contributed by atoms with E-state index in [1.807, 2.05) is 0 Å². The number of fused-ring (bicyclic) bond motifs is 1. The second-order valence-corrected chi connectivity index (χ2v) is 7.75. The summed E-state index contributed by atoms with van der Waals surface area (Å²) >= 11 is 0. The van der Waals surface area contributed by atoms with Gasteiger partial charge >= 0.3 is 12.0 Å². The summed E-state index contributed by atoms with van der Waals surface area (Å²) in [5.41, 5.74) is 0. The Balaban J connectivity index is 2.00. The minimum absolute atomic E-state index is 0.0173. The Morgan fingerprint density at radius 3 is 2.69 bits per heavy atom. The number of esters is 1. The third kappa shape index (κ3) is 3.48. The summed E-state index contributed by atoms with van der Waals surface area (Å²) in [7, 11) is -3.84. The monoisotopic (exact) mass is 377 g/mol. The second-order valence-electron chi connectivity index (χ2n) is 5.84. The molecule has 3 rings (SSSR count). The van der Waals surface area contributed by atoms with Crippen LogP contribution in [0.2, 0.25) is 0 Å². The predicted molar refractivity (Wildman–Crippen MR) is 94.1 cm³/mol. The number of sulfone groups is 1. The maximum atomic E-state index is 13.1. The summed E-state index contributed by atoms with van der Waals surface area (Å²) < 4.78 is 31.0. The standard InChI is InChI=1S/C17H19N3O5S/c1-13(21)25-11-10-19-12-15(16-18-8-5-9-20(16)17(19)22)26(23,24)14-6-3-2-4-7-14/h2-4,6-7,12H,5,8-11H2,1H3. The van der Waals surface area contributed by atoms with Gasteiger partial charge < -0.3 is 4.74 Å². The van der Waals surface area contributed by atoms with Crippen LogP contribution in [0.15, 0.2) is 51.3 Å². The number of carbonyl (C=O) groups excluding carboxylic acids is 2. The van der Waals surface area contributed by atoms with Crippen molar-refractivity contribution in [2.75, 3.05) is 26.2 Å². The number of hydrogen-bond acceptors (Lipinski definition) is 6. The molecule has 9 heteroatoms. The van der Waals surface area contributed by atoms with E-state index in [1.165, 1.54) is 35.1 Å². The maximum absolute atomic E-state index is 13.1. The van der Waals surface area contributed by atoms with Crippen LogP contribution in [0.5, 0.6) is 0 Å². The zero-order valence-corrected chi connectivity index (χ0v) is 15.1. The van der Waals surface area contributed by atoms with Crippen molar-refractivity contribution in [3.63, 3.8) is 0 Å². The van der Waals surface area contributed by atoms with Gasteiger partial charge in [0.2, 0.25) is 9.84 Å². The fourth-order valence-corrected chi connectivity index (χ4v) is 4.23. The first-order valence-electron chi connectivity index (χ1n) is 8.19. The zero-order chi connectivity index (χ0) is 18.7.